The molecule has 11 nitrogen and oxygen atoms in total. The lowest BCUT2D eigenvalue weighted by Gasteiger charge is -2.34. The smallest absolute Gasteiger partial charge is 0.335 e. The van der Waals surface area contributed by atoms with Gasteiger partial charge in [0.1, 0.15) is 29.7 Å². The first kappa shape index (κ1) is 30.5. The molecular weight excluding hydrogens is 518 g/mol. The number of unbranched alkanes of at least 4 members (excludes halogenated alkanes) is 2. The molecule has 1 aromatic rings. The van der Waals surface area contributed by atoms with E-state index in [1.807, 2.05) is 12.1 Å². The second-order valence-corrected chi connectivity index (χ2v) is 11.4. The van der Waals surface area contributed by atoms with Gasteiger partial charge in [-0.25, -0.2) is 13.2 Å². The summed E-state index contributed by atoms with van der Waals surface area (Å²) in [5.74, 6) is -2.54. The molecule has 214 valence electrons. The summed E-state index contributed by atoms with van der Waals surface area (Å²) >= 11 is 0. The predicted octanol–water partition coefficient (Wildman–Crippen LogP) is 1.000. The van der Waals surface area contributed by atoms with Crippen LogP contribution in [0.3, 0.4) is 0 Å². The summed E-state index contributed by atoms with van der Waals surface area (Å²) in [5, 5.41) is 38.0. The maximum Gasteiger partial charge on any atom is 0.335 e. The molecule has 1 fully saturated rings. The lowest BCUT2D eigenvalue weighted by atomic mass is 9.94. The molecule has 38 heavy (non-hydrogen) atoms. The topological polar surface area (TPSA) is 172 Å². The van der Waals surface area contributed by atoms with Gasteiger partial charge in [-0.1, -0.05) is 38.0 Å². The maximum atomic E-state index is 13.6. The Morgan fingerprint density at radius 1 is 1.11 bits per heavy atom. The number of ether oxygens (including phenoxy) is 3. The number of nitrogens with one attached hydrogen (secondary N) is 1. The minimum atomic E-state index is -4.13. The Labute approximate surface area is 223 Å². The van der Waals surface area contributed by atoms with Crippen LogP contribution in [0, 0.1) is 0 Å². The Kier molecular flexibility index (Phi) is 10.7. The van der Waals surface area contributed by atoms with Crippen LogP contribution in [0.25, 0.3) is 0 Å². The quantitative estimate of drug-likeness (QED) is 0.174. The zero-order valence-electron chi connectivity index (χ0n) is 21.8. The van der Waals surface area contributed by atoms with Crippen LogP contribution in [0.2, 0.25) is 0 Å². The Bertz CT molecular complexity index is 1060. The summed E-state index contributed by atoms with van der Waals surface area (Å²) in [6.45, 7) is 2.28. The van der Waals surface area contributed by atoms with Crippen molar-refractivity contribution >= 4 is 21.7 Å². The van der Waals surface area contributed by atoms with Gasteiger partial charge < -0.3 is 34.6 Å². The molecule has 12 heteroatoms. The van der Waals surface area contributed by atoms with Gasteiger partial charge in [0.25, 0.3) is 0 Å². The monoisotopic (exact) mass is 557 g/mol. The van der Waals surface area contributed by atoms with E-state index < -0.39 is 64.7 Å². The van der Waals surface area contributed by atoms with Crippen LogP contribution in [0.15, 0.2) is 35.9 Å². The van der Waals surface area contributed by atoms with Crippen LogP contribution in [-0.4, -0.2) is 90.1 Å². The highest BCUT2D eigenvalue weighted by Crippen LogP contribution is 2.43. The second kappa shape index (κ2) is 13.3. The molecule has 1 spiro atoms. The van der Waals surface area contributed by atoms with Gasteiger partial charge in [0, 0.05) is 6.42 Å². The zero-order valence-corrected chi connectivity index (χ0v) is 22.6. The van der Waals surface area contributed by atoms with E-state index >= 15 is 0 Å². The molecule has 0 radical (unpaired) electrons. The summed E-state index contributed by atoms with van der Waals surface area (Å²) in [6, 6.07) is 7.13. The Balaban J connectivity index is 1.94. The first-order chi connectivity index (χ1) is 18.1. The first-order valence-electron chi connectivity index (χ1n) is 13.0. The minimum absolute atomic E-state index is 0.00302. The third kappa shape index (κ3) is 6.92. The van der Waals surface area contributed by atoms with Crippen LogP contribution < -0.4 is 4.72 Å². The molecule has 0 bridgehead atoms. The molecule has 1 aromatic carbocycles. The number of aliphatic hydroxyl groups is 4. The zero-order chi connectivity index (χ0) is 27.9. The highest BCUT2D eigenvalue weighted by Gasteiger charge is 2.55. The highest BCUT2D eigenvalue weighted by molar-refractivity contribution is 7.93. The molecular formula is C26H39NO10S. The molecule has 0 aromatic heterocycles. The van der Waals surface area contributed by atoms with Crippen molar-refractivity contribution in [2.24, 2.45) is 0 Å². The lowest BCUT2D eigenvalue weighted by Crippen LogP contribution is -2.45. The molecule has 1 saturated heterocycles. The number of carbonyl (C=O) groups excluding carboxylic acids is 1. The number of para-hydroxylation sites is 1. The predicted molar refractivity (Wildman–Crippen MR) is 139 cm³/mol. The number of rotatable bonds is 13. The Morgan fingerprint density at radius 3 is 2.32 bits per heavy atom. The van der Waals surface area contributed by atoms with E-state index in [4.69, 9.17) is 14.2 Å². The molecule has 3 rings (SSSR count). The molecule has 5 unspecified atom stereocenters. The summed E-state index contributed by atoms with van der Waals surface area (Å²) in [7, 11) is -4.13. The number of hydrogen-bond acceptors (Lipinski definition) is 10. The molecule has 0 saturated carbocycles. The van der Waals surface area contributed by atoms with E-state index in [0.717, 1.165) is 24.8 Å². The molecule has 0 amide bonds. The molecule has 5 N–H and O–H groups in total. The van der Waals surface area contributed by atoms with Crippen molar-refractivity contribution in [2.75, 3.05) is 24.5 Å². The average molecular weight is 558 g/mol. The fourth-order valence-corrected chi connectivity index (χ4v) is 6.43. The number of hydrogen-bond donors (Lipinski definition) is 5. The van der Waals surface area contributed by atoms with Crippen molar-refractivity contribution in [3.8, 4) is 0 Å². The van der Waals surface area contributed by atoms with Crippen LogP contribution in [0.1, 0.15) is 51.5 Å². The first-order valence-corrected chi connectivity index (χ1v) is 14.6. The summed E-state index contributed by atoms with van der Waals surface area (Å²) in [5.41, 5.74) is 1.09. The van der Waals surface area contributed by atoms with Crippen LogP contribution >= 0.6 is 0 Å². The second-order valence-electron chi connectivity index (χ2n) is 9.59. The van der Waals surface area contributed by atoms with E-state index in [1.54, 1.807) is 19.1 Å². The number of aliphatic hydroxyl groups excluding tert-OH is 4. The number of sulfonamides is 1. The van der Waals surface area contributed by atoms with Gasteiger partial charge in [-0.3, -0.25) is 4.72 Å². The van der Waals surface area contributed by atoms with Crippen molar-refractivity contribution in [3.63, 3.8) is 0 Å². The third-order valence-corrected chi connectivity index (χ3v) is 8.55. The molecule has 1 aliphatic carbocycles. The normalized spacial score (nSPS) is 27.1. The van der Waals surface area contributed by atoms with Crippen LogP contribution in [-0.2, 0) is 35.4 Å². The van der Waals surface area contributed by atoms with Gasteiger partial charge in [0.15, 0.2) is 5.79 Å². The Hall–Kier alpha value is -2.06. The summed E-state index contributed by atoms with van der Waals surface area (Å²) < 4.78 is 46.8. The maximum absolute atomic E-state index is 13.6. The van der Waals surface area contributed by atoms with Crippen molar-refractivity contribution in [3.05, 3.63) is 41.5 Å². The molecule has 2 aliphatic rings. The van der Waals surface area contributed by atoms with Crippen LogP contribution in [0.4, 0.5) is 5.69 Å². The number of esters is 1. The van der Waals surface area contributed by atoms with Crippen LogP contribution in [0.5, 0.6) is 0 Å². The third-order valence-electron chi connectivity index (χ3n) is 6.81. The van der Waals surface area contributed by atoms with Gasteiger partial charge in [0.2, 0.25) is 10.0 Å². The van der Waals surface area contributed by atoms with E-state index in [-0.39, 0.29) is 25.0 Å². The van der Waals surface area contributed by atoms with Gasteiger partial charge >= 0.3 is 5.97 Å². The molecule has 1 aliphatic heterocycles. The van der Waals surface area contributed by atoms with Crippen molar-refractivity contribution in [1.82, 2.24) is 0 Å². The lowest BCUT2D eigenvalue weighted by molar-refractivity contribution is -0.164. The molecule has 1 heterocycles. The van der Waals surface area contributed by atoms with E-state index in [0.29, 0.717) is 12.1 Å². The van der Waals surface area contributed by atoms with Gasteiger partial charge in [0.05, 0.1) is 31.1 Å². The molecule has 5 atom stereocenters. The highest BCUT2D eigenvalue weighted by atomic mass is 32.2. The van der Waals surface area contributed by atoms with Crippen molar-refractivity contribution in [2.45, 2.75) is 87.8 Å². The number of aryl methyl sites for hydroxylation is 1. The van der Waals surface area contributed by atoms with Gasteiger partial charge in [-0.2, -0.15) is 0 Å². The summed E-state index contributed by atoms with van der Waals surface area (Å²) in [4.78, 5) is 13.0. The van der Waals surface area contributed by atoms with Gasteiger partial charge in [-0.15, -0.1) is 0 Å². The minimum Gasteiger partial charge on any atom is -0.463 e. The summed E-state index contributed by atoms with van der Waals surface area (Å²) in [6.07, 6.45) is -0.637. The largest absolute Gasteiger partial charge is 0.463 e. The fraction of sp³-hybridized carbons (Fsp3) is 0.654. The number of anilines is 1. The standard InChI is InChI=1S/C26H39NO10S/c1-3-5-6-9-17-10-7-8-11-19(17)27-38(33,34)22-12-13-26(14-18(22)25(32)35-4-2)36-23(20(30)15-28)24(37-26)21(31)16-29/h7-8,10-11,14,20-24,27-31H,3-6,9,12-13,15-16H2,1-2H3. The number of carbonyl (C=O) groups is 1. The van der Waals surface area contributed by atoms with Crippen molar-refractivity contribution < 1.29 is 47.8 Å². The average Bonchev–Trinajstić information content (AvgIpc) is 3.27. The van der Waals surface area contributed by atoms with E-state index in [2.05, 4.69) is 11.6 Å². The SMILES string of the molecule is CCCCCc1ccccc1NS(=O)(=O)C1CCC2(C=C1C(=O)OCC)OC(C(O)CO)C(C(O)CO)O2. The Morgan fingerprint density at radius 2 is 1.74 bits per heavy atom. The van der Waals surface area contributed by atoms with Crippen molar-refractivity contribution in [1.29, 1.82) is 0 Å². The van der Waals surface area contributed by atoms with Gasteiger partial charge in [-0.05, 0) is 43.9 Å². The fourth-order valence-electron chi connectivity index (χ4n) is 4.86. The number of benzene rings is 1. The van der Waals surface area contributed by atoms with E-state index in [9.17, 15) is 33.6 Å². The van der Waals surface area contributed by atoms with E-state index in [1.165, 1.54) is 6.08 Å².